The number of likely N-dealkylation sites (tertiary alicyclic amines) is 1. The van der Waals surface area contributed by atoms with Crippen molar-refractivity contribution in [2.45, 2.75) is 78.0 Å². The molecular weight excluding hydrogens is 604 g/mol. The molecule has 2 aliphatic heterocycles. The predicted molar refractivity (Wildman–Crippen MR) is 174 cm³/mol. The summed E-state index contributed by atoms with van der Waals surface area (Å²) in [4.78, 5) is 52.9. The molecule has 0 aromatic heterocycles. The number of nitrogens with one attached hydrogen (secondary N) is 1. The van der Waals surface area contributed by atoms with Gasteiger partial charge in [-0.05, 0) is 50.7 Å². The monoisotopic (exact) mass is 650 g/mol. The minimum absolute atomic E-state index is 0.0474. The van der Waals surface area contributed by atoms with Crippen LogP contribution in [-0.4, -0.2) is 75.3 Å². The predicted octanol–water partition coefficient (Wildman–Crippen LogP) is 4.60. The SMILES string of the molecule is COc1c(C)c2c(c(OC(=O)CCC(=O)NCc3ccccc3)c1C/C=C(\C)CCC(=O)OCCCN1CC[C@H](OC)C1)C(=O)OC2. The van der Waals surface area contributed by atoms with Crippen LogP contribution < -0.4 is 14.8 Å². The lowest BCUT2D eigenvalue weighted by atomic mass is 9.94. The second-order valence-electron chi connectivity index (χ2n) is 11.9. The van der Waals surface area contributed by atoms with Crippen LogP contribution in [0.15, 0.2) is 42.0 Å². The van der Waals surface area contributed by atoms with E-state index in [0.29, 0.717) is 36.4 Å². The molecule has 1 atom stereocenters. The molecule has 0 radical (unpaired) electrons. The van der Waals surface area contributed by atoms with Gasteiger partial charge in [0.1, 0.15) is 17.9 Å². The number of amides is 1. The average molecular weight is 651 g/mol. The topological polar surface area (TPSA) is 130 Å². The number of carbonyl (C=O) groups excluding carboxylic acids is 4. The Labute approximate surface area is 276 Å². The number of hydrogen-bond acceptors (Lipinski definition) is 10. The molecule has 0 spiro atoms. The Balaban J connectivity index is 1.34. The summed E-state index contributed by atoms with van der Waals surface area (Å²) < 4.78 is 27.7. The van der Waals surface area contributed by atoms with Crippen LogP contribution >= 0.6 is 0 Å². The molecule has 0 aliphatic carbocycles. The van der Waals surface area contributed by atoms with E-state index in [1.165, 1.54) is 7.11 Å². The number of fused-ring (bicyclic) bond motifs is 1. The zero-order chi connectivity index (χ0) is 33.8. The molecule has 2 aliphatic rings. The van der Waals surface area contributed by atoms with E-state index in [1.54, 1.807) is 7.11 Å². The number of esters is 3. The number of allylic oxidation sites excluding steroid dienone is 2. The van der Waals surface area contributed by atoms with Crippen LogP contribution in [-0.2, 0) is 48.2 Å². The van der Waals surface area contributed by atoms with Crippen LogP contribution in [0.3, 0.4) is 0 Å². The second kappa shape index (κ2) is 17.6. The third-order valence-corrected chi connectivity index (χ3v) is 8.55. The number of cyclic esters (lactones) is 1. The third-order valence-electron chi connectivity index (χ3n) is 8.55. The summed E-state index contributed by atoms with van der Waals surface area (Å²) in [6, 6.07) is 9.47. The number of ether oxygens (including phenoxy) is 5. The fourth-order valence-corrected chi connectivity index (χ4v) is 5.80. The summed E-state index contributed by atoms with van der Waals surface area (Å²) in [7, 11) is 3.25. The first-order valence-corrected chi connectivity index (χ1v) is 16.2. The van der Waals surface area contributed by atoms with Gasteiger partial charge in [0.05, 0.1) is 26.2 Å². The fourth-order valence-electron chi connectivity index (χ4n) is 5.80. The van der Waals surface area contributed by atoms with Crippen molar-refractivity contribution in [3.05, 3.63) is 69.8 Å². The highest BCUT2D eigenvalue weighted by molar-refractivity contribution is 5.99. The lowest BCUT2D eigenvalue weighted by Crippen LogP contribution is -2.25. The quantitative estimate of drug-likeness (QED) is 0.112. The molecule has 11 heteroatoms. The van der Waals surface area contributed by atoms with Crippen LogP contribution in [0.25, 0.3) is 0 Å². The number of rotatable bonds is 17. The summed E-state index contributed by atoms with van der Waals surface area (Å²) in [6.07, 6.45) is 4.77. The normalized spacial score (nSPS) is 16.0. The number of nitrogens with zero attached hydrogens (tertiary/aromatic N) is 1. The molecular formula is C36H46N2O9. The van der Waals surface area contributed by atoms with Gasteiger partial charge in [0.25, 0.3) is 0 Å². The highest BCUT2D eigenvalue weighted by atomic mass is 16.6. The van der Waals surface area contributed by atoms with Crippen LogP contribution in [0.5, 0.6) is 11.5 Å². The highest BCUT2D eigenvalue weighted by Gasteiger charge is 2.34. The first-order valence-electron chi connectivity index (χ1n) is 16.2. The van der Waals surface area contributed by atoms with Gasteiger partial charge < -0.3 is 33.9 Å². The molecule has 1 fully saturated rings. The maximum absolute atomic E-state index is 13.0. The standard InChI is InChI=1S/C36H46N2O9/c1-24(12-15-31(40)45-20-8-18-38-19-17-27(22-38)43-3)11-13-28-34(44-4)25(2)29-23-46-36(42)33(29)35(28)47-32(41)16-14-30(39)37-21-26-9-6-5-7-10-26/h5-7,9-11,27H,8,12-23H2,1-4H3,(H,37,39)/b24-11+/t27-/m0/s1. The lowest BCUT2D eigenvalue weighted by molar-refractivity contribution is -0.143. The summed E-state index contributed by atoms with van der Waals surface area (Å²) in [6.45, 7) is 7.30. The van der Waals surface area contributed by atoms with Crippen molar-refractivity contribution >= 4 is 23.8 Å². The van der Waals surface area contributed by atoms with E-state index in [-0.39, 0.29) is 61.6 Å². The van der Waals surface area contributed by atoms with E-state index in [9.17, 15) is 19.2 Å². The van der Waals surface area contributed by atoms with Gasteiger partial charge in [-0.15, -0.1) is 0 Å². The largest absolute Gasteiger partial charge is 0.496 e. The molecule has 4 rings (SSSR count). The minimum atomic E-state index is -0.652. The Kier molecular flexibility index (Phi) is 13.4. The Morgan fingerprint density at radius 2 is 1.81 bits per heavy atom. The Morgan fingerprint density at radius 3 is 2.53 bits per heavy atom. The van der Waals surface area contributed by atoms with Gasteiger partial charge in [0.2, 0.25) is 5.91 Å². The number of carbonyl (C=O) groups is 4. The van der Waals surface area contributed by atoms with E-state index < -0.39 is 11.9 Å². The number of hydrogen-bond donors (Lipinski definition) is 1. The van der Waals surface area contributed by atoms with Crippen molar-refractivity contribution in [2.24, 2.45) is 0 Å². The van der Waals surface area contributed by atoms with Gasteiger partial charge in [-0.2, -0.15) is 0 Å². The summed E-state index contributed by atoms with van der Waals surface area (Å²) in [5, 5.41) is 2.80. The van der Waals surface area contributed by atoms with Crippen molar-refractivity contribution < 1.29 is 42.9 Å². The van der Waals surface area contributed by atoms with Gasteiger partial charge >= 0.3 is 17.9 Å². The maximum Gasteiger partial charge on any atom is 0.342 e. The number of methoxy groups -OCH3 is 2. The van der Waals surface area contributed by atoms with Crippen molar-refractivity contribution in [1.29, 1.82) is 0 Å². The van der Waals surface area contributed by atoms with Crippen molar-refractivity contribution in [3.8, 4) is 11.5 Å². The summed E-state index contributed by atoms with van der Waals surface area (Å²) in [5.74, 6) is -1.21. The van der Waals surface area contributed by atoms with Gasteiger partial charge in [0, 0.05) is 57.3 Å². The molecule has 2 heterocycles. The van der Waals surface area contributed by atoms with Crippen LogP contribution in [0.4, 0.5) is 0 Å². The maximum atomic E-state index is 13.0. The Morgan fingerprint density at radius 1 is 1.04 bits per heavy atom. The summed E-state index contributed by atoms with van der Waals surface area (Å²) in [5.41, 5.74) is 3.92. The zero-order valence-corrected chi connectivity index (χ0v) is 27.9. The zero-order valence-electron chi connectivity index (χ0n) is 27.9. The highest BCUT2D eigenvalue weighted by Crippen LogP contribution is 2.43. The molecule has 254 valence electrons. The molecule has 11 nitrogen and oxygen atoms in total. The van der Waals surface area contributed by atoms with E-state index in [1.807, 2.05) is 50.3 Å². The smallest absolute Gasteiger partial charge is 0.342 e. The molecule has 0 saturated carbocycles. The van der Waals surface area contributed by atoms with E-state index in [0.717, 1.165) is 49.2 Å². The van der Waals surface area contributed by atoms with Crippen molar-refractivity contribution in [2.75, 3.05) is 40.5 Å². The molecule has 0 bridgehead atoms. The van der Waals surface area contributed by atoms with E-state index in [4.69, 9.17) is 23.7 Å². The molecule has 2 aromatic carbocycles. The second-order valence-corrected chi connectivity index (χ2v) is 11.9. The molecule has 0 unspecified atom stereocenters. The molecule has 1 N–H and O–H groups in total. The lowest BCUT2D eigenvalue weighted by Gasteiger charge is -2.19. The summed E-state index contributed by atoms with van der Waals surface area (Å²) >= 11 is 0. The first kappa shape index (κ1) is 35.6. The fraction of sp³-hybridized carbons (Fsp3) is 0.500. The van der Waals surface area contributed by atoms with Crippen molar-refractivity contribution in [3.63, 3.8) is 0 Å². The molecule has 2 aromatic rings. The Bertz CT molecular complexity index is 1450. The Hall–Kier alpha value is -4.22. The van der Waals surface area contributed by atoms with Crippen LogP contribution in [0.2, 0.25) is 0 Å². The van der Waals surface area contributed by atoms with Crippen molar-refractivity contribution in [1.82, 2.24) is 10.2 Å². The van der Waals surface area contributed by atoms with Crippen LogP contribution in [0, 0.1) is 6.92 Å². The van der Waals surface area contributed by atoms with E-state index >= 15 is 0 Å². The minimum Gasteiger partial charge on any atom is -0.496 e. The van der Waals surface area contributed by atoms with Gasteiger partial charge in [0.15, 0.2) is 5.75 Å². The third kappa shape index (κ3) is 10.1. The molecule has 1 saturated heterocycles. The van der Waals surface area contributed by atoms with Gasteiger partial charge in [-0.3, -0.25) is 14.4 Å². The molecule has 47 heavy (non-hydrogen) atoms. The van der Waals surface area contributed by atoms with E-state index in [2.05, 4.69) is 10.2 Å². The van der Waals surface area contributed by atoms with Crippen LogP contribution in [0.1, 0.15) is 78.1 Å². The van der Waals surface area contributed by atoms with Gasteiger partial charge in [-0.25, -0.2) is 4.79 Å². The first-order chi connectivity index (χ1) is 22.7. The number of benzene rings is 2. The molecule has 1 amide bonds. The van der Waals surface area contributed by atoms with Gasteiger partial charge in [-0.1, -0.05) is 42.0 Å². The average Bonchev–Trinajstić information content (AvgIpc) is 3.71.